The quantitative estimate of drug-likeness (QED) is 0.827. The van der Waals surface area contributed by atoms with Crippen LogP contribution >= 0.6 is 0 Å². The van der Waals surface area contributed by atoms with E-state index in [1.54, 1.807) is 0 Å². The van der Waals surface area contributed by atoms with Gasteiger partial charge in [-0.3, -0.25) is 0 Å². The van der Waals surface area contributed by atoms with E-state index < -0.39 is 0 Å². The fourth-order valence-corrected chi connectivity index (χ4v) is 3.97. The number of likely N-dealkylation sites (tertiary alicyclic amines) is 1. The summed E-state index contributed by atoms with van der Waals surface area (Å²) in [4.78, 5) is 9.74. The Morgan fingerprint density at radius 3 is 2.68 bits per heavy atom. The number of nitrogens with zero attached hydrogens (tertiary/aromatic N) is 3. The van der Waals surface area contributed by atoms with Crippen LogP contribution < -0.4 is 9.64 Å². The van der Waals surface area contributed by atoms with Gasteiger partial charge in [-0.25, -0.2) is 4.98 Å². The fraction of sp³-hybridized carbons (Fsp3) is 0.476. The zero-order valence-electron chi connectivity index (χ0n) is 15.0. The Kier molecular flexibility index (Phi) is 4.88. The van der Waals surface area contributed by atoms with Gasteiger partial charge in [-0.05, 0) is 50.0 Å². The summed E-state index contributed by atoms with van der Waals surface area (Å²) in [7, 11) is 0. The average Bonchev–Trinajstić information content (AvgIpc) is 3.19. The molecular weight excluding hydrogens is 310 g/mol. The first-order valence-corrected chi connectivity index (χ1v) is 9.50. The van der Waals surface area contributed by atoms with Gasteiger partial charge in [0.25, 0.3) is 0 Å². The number of fused-ring (bicyclic) bond motifs is 1. The van der Waals surface area contributed by atoms with Crippen LogP contribution in [0.5, 0.6) is 5.75 Å². The number of hydrogen-bond acceptors (Lipinski definition) is 4. The number of ether oxygens (including phenoxy) is 1. The van der Waals surface area contributed by atoms with E-state index in [4.69, 9.17) is 4.74 Å². The van der Waals surface area contributed by atoms with E-state index in [0.29, 0.717) is 6.04 Å². The molecule has 1 saturated heterocycles. The maximum Gasteiger partial charge on any atom is 0.172 e. The largest absolute Gasteiger partial charge is 0.485 e. The number of rotatable bonds is 5. The molecule has 2 aromatic rings. The third kappa shape index (κ3) is 3.49. The minimum absolute atomic E-state index is 0.224. The van der Waals surface area contributed by atoms with Gasteiger partial charge in [0.2, 0.25) is 0 Å². The van der Waals surface area contributed by atoms with E-state index in [1.165, 1.54) is 31.5 Å². The second-order valence-corrected chi connectivity index (χ2v) is 7.06. The Labute approximate surface area is 150 Å². The molecule has 0 amide bonds. The Balaban J connectivity index is 1.70. The highest BCUT2D eigenvalue weighted by Gasteiger charge is 2.33. The second-order valence-electron chi connectivity index (χ2n) is 7.06. The van der Waals surface area contributed by atoms with Gasteiger partial charge in [-0.15, -0.1) is 0 Å². The normalized spacial score (nSPS) is 21.6. The van der Waals surface area contributed by atoms with Gasteiger partial charge in [0, 0.05) is 12.7 Å². The van der Waals surface area contributed by atoms with Crippen molar-refractivity contribution in [3.8, 4) is 5.75 Å². The molecule has 4 heteroatoms. The predicted molar refractivity (Wildman–Crippen MR) is 101 cm³/mol. The maximum atomic E-state index is 6.15. The number of hydrogen-bond donors (Lipinski definition) is 0. The Hall–Kier alpha value is -2.07. The van der Waals surface area contributed by atoms with E-state index in [1.807, 2.05) is 12.3 Å². The lowest BCUT2D eigenvalue weighted by Crippen LogP contribution is -2.45. The first-order chi connectivity index (χ1) is 12.3. The fourth-order valence-electron chi connectivity index (χ4n) is 3.97. The number of benzene rings is 1. The summed E-state index contributed by atoms with van der Waals surface area (Å²) in [5, 5.41) is 0. The smallest absolute Gasteiger partial charge is 0.172 e. The zero-order valence-corrected chi connectivity index (χ0v) is 15.0. The molecule has 2 aliphatic heterocycles. The molecule has 4 nitrogen and oxygen atoms in total. The van der Waals surface area contributed by atoms with Gasteiger partial charge in [0.15, 0.2) is 11.6 Å². The van der Waals surface area contributed by atoms with E-state index in [-0.39, 0.29) is 6.10 Å². The van der Waals surface area contributed by atoms with Crippen LogP contribution in [-0.4, -0.2) is 42.2 Å². The van der Waals surface area contributed by atoms with Crippen LogP contribution in [0.25, 0.3) is 0 Å². The third-order valence-corrected chi connectivity index (χ3v) is 5.36. The van der Waals surface area contributed by atoms with Crippen LogP contribution in [0.2, 0.25) is 0 Å². The molecule has 0 N–H and O–H groups in total. The van der Waals surface area contributed by atoms with Gasteiger partial charge < -0.3 is 14.5 Å². The van der Waals surface area contributed by atoms with Crippen molar-refractivity contribution >= 4 is 5.82 Å². The summed E-state index contributed by atoms with van der Waals surface area (Å²) in [6.45, 7) is 6.56. The molecule has 25 heavy (non-hydrogen) atoms. The lowest BCUT2D eigenvalue weighted by Gasteiger charge is -2.41. The minimum Gasteiger partial charge on any atom is -0.485 e. The van der Waals surface area contributed by atoms with Gasteiger partial charge in [-0.1, -0.05) is 37.3 Å². The Morgan fingerprint density at radius 2 is 1.92 bits per heavy atom. The molecule has 0 spiro atoms. The second kappa shape index (κ2) is 7.44. The summed E-state index contributed by atoms with van der Waals surface area (Å²) >= 11 is 0. The van der Waals surface area contributed by atoms with Crippen LogP contribution in [0.4, 0.5) is 5.82 Å². The molecule has 2 aliphatic rings. The first-order valence-electron chi connectivity index (χ1n) is 9.50. The third-order valence-electron chi connectivity index (χ3n) is 5.36. The SMILES string of the molecule is CCC1CN(C(CN2CCCC2)c2ccccc2)c2ncccc2O1. The Morgan fingerprint density at radius 1 is 1.12 bits per heavy atom. The average molecular weight is 337 g/mol. The van der Waals surface area contributed by atoms with Crippen molar-refractivity contribution in [2.75, 3.05) is 31.1 Å². The highest BCUT2D eigenvalue weighted by molar-refractivity contribution is 5.56. The van der Waals surface area contributed by atoms with E-state index >= 15 is 0 Å². The van der Waals surface area contributed by atoms with Gasteiger partial charge in [0.1, 0.15) is 6.10 Å². The van der Waals surface area contributed by atoms with Gasteiger partial charge in [-0.2, -0.15) is 0 Å². The standard InChI is InChI=1S/C21H27N3O/c1-2-18-15-24(21-20(25-18)11-8-12-22-21)19(16-23-13-6-7-14-23)17-9-4-3-5-10-17/h3-5,8-12,18-19H,2,6-7,13-16H2,1H3. The molecule has 2 atom stereocenters. The molecule has 0 aliphatic carbocycles. The van der Waals surface area contributed by atoms with Crippen LogP contribution in [0.1, 0.15) is 37.8 Å². The summed E-state index contributed by atoms with van der Waals surface area (Å²) < 4.78 is 6.15. The molecule has 1 fully saturated rings. The van der Waals surface area contributed by atoms with Crippen molar-refractivity contribution < 1.29 is 4.74 Å². The van der Waals surface area contributed by atoms with Crippen molar-refractivity contribution in [1.82, 2.24) is 9.88 Å². The molecule has 4 rings (SSSR count). The first kappa shape index (κ1) is 16.4. The number of anilines is 1. The summed E-state index contributed by atoms with van der Waals surface area (Å²) in [5.74, 6) is 1.91. The van der Waals surface area contributed by atoms with Crippen LogP contribution in [-0.2, 0) is 0 Å². The van der Waals surface area contributed by atoms with Crippen molar-refractivity contribution in [3.63, 3.8) is 0 Å². The van der Waals surface area contributed by atoms with Crippen LogP contribution in [0.15, 0.2) is 48.7 Å². The van der Waals surface area contributed by atoms with Crippen molar-refractivity contribution in [1.29, 1.82) is 0 Å². The van der Waals surface area contributed by atoms with Gasteiger partial charge >= 0.3 is 0 Å². The molecule has 2 unspecified atom stereocenters. The maximum absolute atomic E-state index is 6.15. The minimum atomic E-state index is 0.224. The van der Waals surface area contributed by atoms with E-state index in [9.17, 15) is 0 Å². The molecule has 1 aromatic heterocycles. The zero-order chi connectivity index (χ0) is 17.1. The lowest BCUT2D eigenvalue weighted by molar-refractivity contribution is 0.178. The van der Waals surface area contributed by atoms with Crippen LogP contribution in [0.3, 0.4) is 0 Å². The summed E-state index contributed by atoms with van der Waals surface area (Å²) in [6, 6.07) is 15.2. The lowest BCUT2D eigenvalue weighted by atomic mass is 10.0. The number of aromatic nitrogens is 1. The molecule has 132 valence electrons. The molecule has 0 saturated carbocycles. The number of pyridine rings is 1. The molecular formula is C21H27N3O. The van der Waals surface area contributed by atoms with Crippen molar-refractivity contribution in [3.05, 3.63) is 54.2 Å². The monoisotopic (exact) mass is 337 g/mol. The highest BCUT2D eigenvalue weighted by Crippen LogP contribution is 2.37. The molecule has 1 aromatic carbocycles. The molecule has 0 bridgehead atoms. The van der Waals surface area contributed by atoms with Crippen LogP contribution in [0, 0.1) is 0 Å². The highest BCUT2D eigenvalue weighted by atomic mass is 16.5. The summed E-state index contributed by atoms with van der Waals surface area (Å²) in [5.41, 5.74) is 1.36. The molecule has 3 heterocycles. The molecule has 0 radical (unpaired) electrons. The van der Waals surface area contributed by atoms with E-state index in [2.05, 4.69) is 58.1 Å². The van der Waals surface area contributed by atoms with E-state index in [0.717, 1.165) is 31.1 Å². The van der Waals surface area contributed by atoms with Crippen molar-refractivity contribution in [2.45, 2.75) is 38.3 Å². The van der Waals surface area contributed by atoms with Gasteiger partial charge in [0.05, 0.1) is 12.6 Å². The summed E-state index contributed by atoms with van der Waals surface area (Å²) in [6.07, 6.45) is 5.74. The van der Waals surface area contributed by atoms with Crippen molar-refractivity contribution in [2.24, 2.45) is 0 Å². The predicted octanol–water partition coefficient (Wildman–Crippen LogP) is 3.90. The topological polar surface area (TPSA) is 28.6 Å². The Bertz CT molecular complexity index is 685.